The van der Waals surface area contributed by atoms with Crippen molar-refractivity contribution in [2.24, 2.45) is 0 Å². The van der Waals surface area contributed by atoms with Gasteiger partial charge >= 0.3 is 0 Å². The van der Waals surface area contributed by atoms with E-state index in [0.717, 1.165) is 105 Å². The van der Waals surface area contributed by atoms with E-state index in [2.05, 4.69) is 194 Å². The van der Waals surface area contributed by atoms with Gasteiger partial charge in [-0.25, -0.2) is 19.9 Å². The van der Waals surface area contributed by atoms with E-state index in [0.29, 0.717) is 17.5 Å². The topological polar surface area (TPSA) is 64.7 Å². The smallest absolute Gasteiger partial charge is 0.164 e. The fraction of sp³-hybridized carbons (Fsp3) is 0. The molecule has 294 valence electrons. The summed E-state index contributed by atoms with van der Waals surface area (Å²) in [7, 11) is 0. The van der Waals surface area contributed by atoms with Crippen LogP contribution in [0.25, 0.3) is 122 Å². The van der Waals surface area contributed by atoms with Gasteiger partial charge in [0.05, 0.1) is 16.6 Å². The van der Waals surface area contributed by atoms with Gasteiger partial charge in [-0.2, -0.15) is 0 Å². The highest BCUT2D eigenvalue weighted by Gasteiger charge is 2.19. The molecule has 0 unspecified atom stereocenters. The van der Waals surface area contributed by atoms with Crippen LogP contribution in [-0.4, -0.2) is 19.9 Å². The van der Waals surface area contributed by atoms with Gasteiger partial charge in [0.15, 0.2) is 17.5 Å². The lowest BCUT2D eigenvalue weighted by Crippen LogP contribution is -2.00. The van der Waals surface area contributed by atoms with Crippen molar-refractivity contribution in [2.45, 2.75) is 0 Å². The maximum atomic E-state index is 6.57. The first-order valence-electron chi connectivity index (χ1n) is 21.1. The van der Waals surface area contributed by atoms with E-state index in [1.165, 1.54) is 0 Å². The van der Waals surface area contributed by atoms with E-state index in [1.807, 2.05) is 24.3 Å². The Morgan fingerprint density at radius 1 is 0.286 bits per heavy atom. The Labute approximate surface area is 363 Å². The van der Waals surface area contributed by atoms with Crippen LogP contribution in [0.5, 0.6) is 0 Å². The van der Waals surface area contributed by atoms with Crippen LogP contribution in [0.3, 0.4) is 0 Å². The molecule has 0 amide bonds. The molecule has 3 aromatic heterocycles. The zero-order valence-electron chi connectivity index (χ0n) is 34.0. The Morgan fingerprint density at radius 3 is 1.16 bits per heavy atom. The summed E-state index contributed by atoms with van der Waals surface area (Å²) in [6.45, 7) is 0. The van der Waals surface area contributed by atoms with E-state index < -0.39 is 0 Å². The number of pyridine rings is 1. The van der Waals surface area contributed by atoms with E-state index in [-0.39, 0.29) is 0 Å². The first-order valence-corrected chi connectivity index (χ1v) is 21.1. The van der Waals surface area contributed by atoms with Crippen LogP contribution in [0.1, 0.15) is 0 Å². The Bertz CT molecular complexity index is 3520. The van der Waals surface area contributed by atoms with Crippen molar-refractivity contribution in [3.63, 3.8) is 0 Å². The number of furan rings is 1. The zero-order valence-corrected chi connectivity index (χ0v) is 34.0. The van der Waals surface area contributed by atoms with Crippen LogP contribution in [-0.2, 0) is 0 Å². The molecule has 0 spiro atoms. The van der Waals surface area contributed by atoms with Crippen molar-refractivity contribution in [3.8, 4) is 78.8 Å². The molecule has 0 aliphatic rings. The Kier molecular flexibility index (Phi) is 8.75. The van der Waals surface area contributed by atoms with Crippen molar-refractivity contribution in [3.05, 3.63) is 218 Å². The van der Waals surface area contributed by atoms with Crippen LogP contribution < -0.4 is 0 Å². The zero-order chi connectivity index (χ0) is 41.7. The lowest BCUT2D eigenvalue weighted by atomic mass is 9.98. The number of aromatic nitrogens is 4. The lowest BCUT2D eigenvalue weighted by Gasteiger charge is -2.11. The maximum absolute atomic E-state index is 6.57. The number of benzene rings is 9. The Hall–Kier alpha value is -8.54. The number of para-hydroxylation sites is 1. The summed E-state index contributed by atoms with van der Waals surface area (Å²) >= 11 is 0. The van der Waals surface area contributed by atoms with Crippen molar-refractivity contribution < 1.29 is 4.42 Å². The predicted octanol–water partition coefficient (Wildman–Crippen LogP) is 15.1. The Balaban J connectivity index is 0.898. The molecule has 63 heavy (non-hydrogen) atoms. The van der Waals surface area contributed by atoms with E-state index in [4.69, 9.17) is 24.4 Å². The summed E-state index contributed by atoms with van der Waals surface area (Å²) in [5.41, 5.74) is 14.1. The molecule has 0 saturated carbocycles. The molecular weight excluding hydrogens is 769 g/mol. The van der Waals surface area contributed by atoms with Gasteiger partial charge in [-0.15, -0.1) is 0 Å². The molecule has 5 nitrogen and oxygen atoms in total. The molecule has 0 aliphatic carbocycles. The summed E-state index contributed by atoms with van der Waals surface area (Å²) in [6, 6.07) is 75.8. The largest absolute Gasteiger partial charge is 0.455 e. The van der Waals surface area contributed by atoms with E-state index in [1.54, 1.807) is 0 Å². The van der Waals surface area contributed by atoms with Crippen LogP contribution >= 0.6 is 0 Å². The molecule has 3 heterocycles. The second-order valence-electron chi connectivity index (χ2n) is 15.8. The third-order valence-corrected chi connectivity index (χ3v) is 11.9. The second-order valence-corrected chi connectivity index (χ2v) is 15.8. The first-order chi connectivity index (χ1) is 31.2. The van der Waals surface area contributed by atoms with Crippen LogP contribution in [0, 0.1) is 0 Å². The first kappa shape index (κ1) is 36.3. The van der Waals surface area contributed by atoms with Crippen LogP contribution in [0.4, 0.5) is 0 Å². The molecule has 9 aromatic carbocycles. The normalized spacial score (nSPS) is 11.5. The summed E-state index contributed by atoms with van der Waals surface area (Å²) < 4.78 is 6.57. The standard InChI is InChI=1S/C58H36N4O/c1-3-11-37(12-4-1)39-21-29-44(30-22-39)56-60-57(45-31-23-40(24-32-45)38-13-5-2-6-14-38)62-58(61-56)46-33-25-42(26-34-46)41-19-27-43(28-20-41)54-53-49-17-9-10-18-52(49)63-55(53)50-35-47-15-7-8-16-48(47)36-51(50)59-54/h1-36H. The van der Waals surface area contributed by atoms with E-state index in [9.17, 15) is 0 Å². The van der Waals surface area contributed by atoms with Crippen molar-refractivity contribution in [1.29, 1.82) is 0 Å². The minimum Gasteiger partial charge on any atom is -0.455 e. The SMILES string of the molecule is c1ccc(-c2ccc(-c3nc(-c4ccc(-c5ccccc5)cc4)nc(-c4ccc(-c5ccc(-c6nc7cc8ccccc8cc7c7oc8ccccc8c67)cc5)cc4)n3)cc2)cc1. The van der Waals surface area contributed by atoms with Crippen molar-refractivity contribution >= 4 is 43.6 Å². The second kappa shape index (κ2) is 15.2. The quantitative estimate of drug-likeness (QED) is 0.150. The van der Waals surface area contributed by atoms with Gasteiger partial charge in [-0.1, -0.05) is 200 Å². The summed E-state index contributed by atoms with van der Waals surface area (Å²) in [5.74, 6) is 1.86. The Morgan fingerprint density at radius 2 is 0.667 bits per heavy atom. The number of nitrogens with zero attached hydrogens (tertiary/aromatic N) is 4. The molecular formula is C58H36N4O. The molecule has 0 N–H and O–H groups in total. The highest BCUT2D eigenvalue weighted by Crippen LogP contribution is 2.41. The maximum Gasteiger partial charge on any atom is 0.164 e. The van der Waals surface area contributed by atoms with Gasteiger partial charge in [-0.3, -0.25) is 0 Å². The molecule has 12 aromatic rings. The number of rotatable bonds is 7. The van der Waals surface area contributed by atoms with Crippen molar-refractivity contribution in [1.82, 2.24) is 19.9 Å². The number of hydrogen-bond donors (Lipinski definition) is 0. The highest BCUT2D eigenvalue weighted by molar-refractivity contribution is 6.20. The summed E-state index contributed by atoms with van der Waals surface area (Å²) in [6.07, 6.45) is 0. The van der Waals surface area contributed by atoms with Gasteiger partial charge in [0.25, 0.3) is 0 Å². The van der Waals surface area contributed by atoms with Crippen LogP contribution in [0.15, 0.2) is 223 Å². The molecule has 0 atom stereocenters. The average molecular weight is 805 g/mol. The van der Waals surface area contributed by atoms with Crippen molar-refractivity contribution in [2.75, 3.05) is 0 Å². The summed E-state index contributed by atoms with van der Waals surface area (Å²) in [5, 5.41) is 5.41. The monoisotopic (exact) mass is 804 g/mol. The fourth-order valence-corrected chi connectivity index (χ4v) is 8.64. The van der Waals surface area contributed by atoms with Crippen LogP contribution in [0.2, 0.25) is 0 Å². The van der Waals surface area contributed by atoms with Gasteiger partial charge in [0, 0.05) is 33.0 Å². The van der Waals surface area contributed by atoms with Gasteiger partial charge in [0.1, 0.15) is 11.2 Å². The van der Waals surface area contributed by atoms with Gasteiger partial charge in [0.2, 0.25) is 0 Å². The molecule has 0 saturated heterocycles. The fourth-order valence-electron chi connectivity index (χ4n) is 8.64. The predicted molar refractivity (Wildman–Crippen MR) is 258 cm³/mol. The number of hydrogen-bond acceptors (Lipinski definition) is 5. The third kappa shape index (κ3) is 6.69. The minimum absolute atomic E-state index is 0.614. The van der Waals surface area contributed by atoms with Gasteiger partial charge < -0.3 is 4.42 Å². The third-order valence-electron chi connectivity index (χ3n) is 11.9. The average Bonchev–Trinajstić information content (AvgIpc) is 3.76. The lowest BCUT2D eigenvalue weighted by molar-refractivity contribution is 0.672. The number of fused-ring (bicyclic) bond motifs is 6. The van der Waals surface area contributed by atoms with Gasteiger partial charge in [-0.05, 0) is 62.4 Å². The molecule has 0 radical (unpaired) electrons. The molecule has 12 rings (SSSR count). The summed E-state index contributed by atoms with van der Waals surface area (Å²) in [4.78, 5) is 20.5. The molecule has 0 bridgehead atoms. The highest BCUT2D eigenvalue weighted by atomic mass is 16.3. The minimum atomic E-state index is 0.614. The van der Waals surface area contributed by atoms with E-state index >= 15 is 0 Å². The molecule has 5 heteroatoms. The molecule has 0 aliphatic heterocycles. The molecule has 0 fully saturated rings.